The topological polar surface area (TPSA) is 0 Å². The fourth-order valence-electron chi connectivity index (χ4n) is 0.934. The van der Waals surface area contributed by atoms with Crippen LogP contribution < -0.4 is 0 Å². The maximum Gasteiger partial charge on any atom is 0.375 e. The van der Waals surface area contributed by atoms with Gasteiger partial charge in [0.1, 0.15) is 5.03 Å². The van der Waals surface area contributed by atoms with E-state index in [1.165, 1.54) is 0 Å². The molecule has 0 aliphatic carbocycles. The molecule has 0 aromatic heterocycles. The Morgan fingerprint density at radius 1 is 1.00 bits per heavy atom. The van der Waals surface area contributed by atoms with Crippen molar-refractivity contribution in [3.8, 4) is 0 Å². The highest BCUT2D eigenvalue weighted by atomic mass is 35.5. The minimum atomic E-state index is -6.40. The molecule has 0 N–H and O–H groups in total. The smallest absolute Gasteiger partial charge is 0.251 e. The summed E-state index contributed by atoms with van der Waals surface area (Å²) in [6.07, 6.45) is -10.2. The molecule has 19 heavy (non-hydrogen) atoms. The molecule has 114 valence electrons. The Kier molecular flexibility index (Phi) is 5.56. The van der Waals surface area contributed by atoms with Crippen molar-refractivity contribution in [3.63, 3.8) is 0 Å². The average Bonchev–Trinajstić information content (AvgIpc) is 2.26. The normalized spacial score (nSPS) is 15.3. The first kappa shape index (κ1) is 18.3. The van der Waals surface area contributed by atoms with Crippen molar-refractivity contribution in [3.05, 3.63) is 11.1 Å². The molecule has 0 bridgehead atoms. The summed E-state index contributed by atoms with van der Waals surface area (Å²) in [4.78, 5) is 0. The third-order valence-corrected chi connectivity index (χ3v) is 2.34. The van der Waals surface area contributed by atoms with E-state index in [2.05, 4.69) is 11.6 Å². The van der Waals surface area contributed by atoms with Gasteiger partial charge in [0.25, 0.3) is 6.08 Å². The van der Waals surface area contributed by atoms with Crippen LogP contribution in [0.3, 0.4) is 0 Å². The van der Waals surface area contributed by atoms with E-state index < -0.39 is 48.1 Å². The largest absolute Gasteiger partial charge is 0.375 e. The van der Waals surface area contributed by atoms with Crippen LogP contribution in [-0.2, 0) is 0 Å². The van der Waals surface area contributed by atoms with Crippen LogP contribution in [0.2, 0.25) is 0 Å². The van der Waals surface area contributed by atoms with Gasteiger partial charge in [0.15, 0.2) is 0 Å². The summed E-state index contributed by atoms with van der Waals surface area (Å²) in [5, 5.41) is -2.62. The van der Waals surface area contributed by atoms with Gasteiger partial charge in [0, 0.05) is 6.42 Å². The van der Waals surface area contributed by atoms with Gasteiger partial charge < -0.3 is 0 Å². The molecule has 0 saturated carbocycles. The lowest BCUT2D eigenvalue weighted by atomic mass is 9.98. The molecule has 0 saturated heterocycles. The van der Waals surface area contributed by atoms with Gasteiger partial charge in [-0.2, -0.15) is 35.1 Å². The first-order valence-corrected chi connectivity index (χ1v) is 4.75. The van der Waals surface area contributed by atoms with Gasteiger partial charge in [-0.15, -0.1) is 0 Å². The molecule has 0 aromatic rings. The van der Waals surface area contributed by atoms with E-state index in [1.807, 2.05) is 0 Å². The second-order valence-corrected chi connectivity index (χ2v) is 3.72. The highest BCUT2D eigenvalue weighted by molar-refractivity contribution is 6.30. The molecule has 0 rings (SSSR count). The summed E-state index contributed by atoms with van der Waals surface area (Å²) < 4.78 is 124. The van der Waals surface area contributed by atoms with Gasteiger partial charge in [-0.05, 0) is 0 Å². The summed E-state index contributed by atoms with van der Waals surface area (Å²) >= 11 is 4.31. The molecule has 0 spiro atoms. The number of hydrogen-bond donors (Lipinski definition) is 0. The second kappa shape index (κ2) is 5.76. The predicted molar refractivity (Wildman–Crippen MR) is 45.4 cm³/mol. The minimum absolute atomic E-state index is 2.10. The van der Waals surface area contributed by atoms with Crippen molar-refractivity contribution < 1.29 is 43.9 Å². The third kappa shape index (κ3) is 3.26. The number of rotatable bonds is 6. The van der Waals surface area contributed by atoms with Crippen LogP contribution in [0.4, 0.5) is 43.9 Å². The predicted octanol–water partition coefficient (Wildman–Crippen LogP) is 4.94. The van der Waals surface area contributed by atoms with Crippen LogP contribution in [0.1, 0.15) is 6.42 Å². The summed E-state index contributed by atoms with van der Waals surface area (Å²) in [6, 6.07) is 0. The molecule has 0 radical (unpaired) electrons. The Labute approximate surface area is 105 Å². The van der Waals surface area contributed by atoms with E-state index in [4.69, 9.17) is 0 Å². The van der Waals surface area contributed by atoms with Crippen molar-refractivity contribution in [1.29, 1.82) is 0 Å². The zero-order chi connectivity index (χ0) is 15.6. The Bertz CT molecular complexity index is 345. The number of halogens is 11. The Hall–Kier alpha value is -0.670. The highest BCUT2D eigenvalue weighted by Gasteiger charge is 2.74. The van der Waals surface area contributed by atoms with Crippen LogP contribution in [0.25, 0.3) is 0 Å². The third-order valence-electron chi connectivity index (χ3n) is 2.01. The van der Waals surface area contributed by atoms with Gasteiger partial charge in [-0.3, -0.25) is 4.39 Å². The summed E-state index contributed by atoms with van der Waals surface area (Å²) in [5.41, 5.74) is 0. The van der Waals surface area contributed by atoms with Gasteiger partial charge in [0.2, 0.25) is 6.17 Å². The van der Waals surface area contributed by atoms with E-state index in [9.17, 15) is 43.9 Å². The quantitative estimate of drug-likeness (QED) is 0.607. The molecule has 0 heterocycles. The SMILES string of the molecule is FCCC(F)(F)C(F)(F)C(F)(F)C(F)C(Cl)=C(F)F. The molecule has 1 unspecified atom stereocenters. The molecule has 0 amide bonds. The van der Waals surface area contributed by atoms with E-state index in [-0.39, 0.29) is 0 Å². The molecule has 1 atom stereocenters. The second-order valence-electron chi connectivity index (χ2n) is 3.31. The zero-order valence-corrected chi connectivity index (χ0v) is 9.41. The number of alkyl halides is 8. The van der Waals surface area contributed by atoms with Crippen molar-refractivity contribution in [2.45, 2.75) is 30.4 Å². The van der Waals surface area contributed by atoms with Crippen LogP contribution in [0.5, 0.6) is 0 Å². The fraction of sp³-hybridized carbons (Fsp3) is 0.750. The Morgan fingerprint density at radius 3 is 1.74 bits per heavy atom. The minimum Gasteiger partial charge on any atom is -0.251 e. The first-order valence-electron chi connectivity index (χ1n) is 4.37. The van der Waals surface area contributed by atoms with Crippen LogP contribution >= 0.6 is 11.6 Å². The van der Waals surface area contributed by atoms with Crippen LogP contribution in [0.15, 0.2) is 11.1 Å². The summed E-state index contributed by atoms with van der Waals surface area (Å²) in [7, 11) is 0. The van der Waals surface area contributed by atoms with Crippen LogP contribution in [0, 0.1) is 0 Å². The van der Waals surface area contributed by atoms with E-state index in [0.717, 1.165) is 0 Å². The van der Waals surface area contributed by atoms with E-state index in [0.29, 0.717) is 0 Å². The molecule has 0 aliphatic heterocycles. The lowest BCUT2D eigenvalue weighted by Crippen LogP contribution is -2.58. The molecule has 0 aliphatic rings. The maximum absolute atomic E-state index is 12.8. The summed E-state index contributed by atoms with van der Waals surface area (Å²) in [6.45, 7) is -2.10. The lowest BCUT2D eigenvalue weighted by molar-refractivity contribution is -0.322. The van der Waals surface area contributed by atoms with Crippen molar-refractivity contribution in [2.75, 3.05) is 6.67 Å². The lowest BCUT2D eigenvalue weighted by Gasteiger charge is -2.33. The first-order chi connectivity index (χ1) is 8.33. The van der Waals surface area contributed by atoms with E-state index in [1.54, 1.807) is 0 Å². The summed E-state index contributed by atoms with van der Waals surface area (Å²) in [5.74, 6) is -18.3. The molecule has 0 nitrogen and oxygen atoms in total. The molecule has 0 aromatic carbocycles. The Balaban J connectivity index is 5.57. The van der Waals surface area contributed by atoms with Gasteiger partial charge in [-0.25, -0.2) is 4.39 Å². The maximum atomic E-state index is 12.8. The monoisotopic (exact) mass is 326 g/mol. The number of hydrogen-bond acceptors (Lipinski definition) is 0. The molecular weight excluding hydrogens is 322 g/mol. The molecular formula is C8H5ClF10. The highest BCUT2D eigenvalue weighted by Crippen LogP contribution is 2.51. The van der Waals surface area contributed by atoms with Gasteiger partial charge in [-0.1, -0.05) is 11.6 Å². The molecule has 11 heteroatoms. The van der Waals surface area contributed by atoms with Crippen molar-refractivity contribution in [1.82, 2.24) is 0 Å². The zero-order valence-electron chi connectivity index (χ0n) is 8.65. The average molecular weight is 327 g/mol. The Morgan fingerprint density at radius 2 is 1.42 bits per heavy atom. The standard InChI is InChI=1S/C8H5ClF10/c9-3(5(12)13)4(11)7(16,17)8(18,19)6(14,15)1-2-10/h4H,1-2H2. The molecule has 0 fully saturated rings. The van der Waals surface area contributed by atoms with Crippen LogP contribution in [-0.4, -0.2) is 30.6 Å². The fourth-order valence-corrected chi connectivity index (χ4v) is 1.07. The van der Waals surface area contributed by atoms with Gasteiger partial charge >= 0.3 is 17.8 Å². The number of allylic oxidation sites excluding steroid dienone is 1. The van der Waals surface area contributed by atoms with Crippen molar-refractivity contribution >= 4 is 11.6 Å². The van der Waals surface area contributed by atoms with E-state index >= 15 is 0 Å². The van der Waals surface area contributed by atoms with Gasteiger partial charge in [0.05, 0.1) is 6.67 Å². The van der Waals surface area contributed by atoms with Crippen molar-refractivity contribution in [2.24, 2.45) is 0 Å².